The van der Waals surface area contributed by atoms with Gasteiger partial charge in [0.05, 0.1) is 0 Å². The van der Waals surface area contributed by atoms with E-state index in [0.717, 1.165) is 12.8 Å². The number of amides is 2. The Morgan fingerprint density at radius 2 is 1.71 bits per heavy atom. The van der Waals surface area contributed by atoms with E-state index in [2.05, 4.69) is 17.6 Å². The minimum absolute atomic E-state index is 0.409. The van der Waals surface area contributed by atoms with Crippen LogP contribution in [-0.2, 0) is 4.79 Å². The van der Waals surface area contributed by atoms with E-state index in [1.165, 1.54) is 32.6 Å². The van der Waals surface area contributed by atoms with Crippen molar-refractivity contribution in [1.29, 1.82) is 0 Å². The van der Waals surface area contributed by atoms with Crippen molar-refractivity contribution in [3.05, 3.63) is 0 Å². The van der Waals surface area contributed by atoms with E-state index in [4.69, 9.17) is 5.11 Å². The zero-order valence-corrected chi connectivity index (χ0v) is 10.8. The Bertz CT molecular complexity index is 232. The number of hydrogen-bond donors (Lipinski definition) is 3. The molecular formula is C12H24N2O3. The average molecular weight is 244 g/mol. The second-order valence-electron chi connectivity index (χ2n) is 4.23. The molecule has 0 saturated carbocycles. The van der Waals surface area contributed by atoms with Crippen molar-refractivity contribution >= 4 is 12.0 Å². The quantitative estimate of drug-likeness (QED) is 0.544. The molecule has 100 valence electrons. The van der Waals surface area contributed by atoms with Gasteiger partial charge < -0.3 is 15.7 Å². The van der Waals surface area contributed by atoms with Gasteiger partial charge in [0.15, 0.2) is 0 Å². The third-order valence-electron chi connectivity index (χ3n) is 2.53. The maximum absolute atomic E-state index is 11.2. The molecule has 0 saturated heterocycles. The number of urea groups is 1. The summed E-state index contributed by atoms with van der Waals surface area (Å²) in [4.78, 5) is 21.7. The maximum Gasteiger partial charge on any atom is 0.325 e. The molecular weight excluding hydrogens is 220 g/mol. The molecule has 5 nitrogen and oxygen atoms in total. The van der Waals surface area contributed by atoms with Crippen LogP contribution in [0.4, 0.5) is 4.79 Å². The lowest BCUT2D eigenvalue weighted by Crippen LogP contribution is -2.44. The van der Waals surface area contributed by atoms with Gasteiger partial charge in [-0.05, 0) is 13.3 Å². The molecule has 0 aliphatic rings. The van der Waals surface area contributed by atoms with Crippen molar-refractivity contribution in [3.63, 3.8) is 0 Å². The summed E-state index contributed by atoms with van der Waals surface area (Å²) in [6.07, 6.45) is 6.99. The third-order valence-corrected chi connectivity index (χ3v) is 2.53. The van der Waals surface area contributed by atoms with E-state index in [1.807, 2.05) is 0 Å². The minimum atomic E-state index is -1.03. The van der Waals surface area contributed by atoms with Gasteiger partial charge in [-0.3, -0.25) is 4.79 Å². The average Bonchev–Trinajstić information content (AvgIpc) is 2.27. The molecule has 5 heteroatoms. The van der Waals surface area contributed by atoms with Crippen LogP contribution in [0.15, 0.2) is 0 Å². The predicted octanol–water partition coefficient (Wildman–Crippen LogP) is 2.12. The second kappa shape index (κ2) is 9.93. The molecule has 0 rings (SSSR count). The maximum atomic E-state index is 11.2. The lowest BCUT2D eigenvalue weighted by Gasteiger charge is -2.10. The Morgan fingerprint density at radius 3 is 2.29 bits per heavy atom. The van der Waals surface area contributed by atoms with E-state index in [-0.39, 0.29) is 0 Å². The van der Waals surface area contributed by atoms with Crippen molar-refractivity contribution in [2.24, 2.45) is 0 Å². The van der Waals surface area contributed by atoms with Gasteiger partial charge in [0.2, 0.25) is 0 Å². The first-order chi connectivity index (χ1) is 8.07. The summed E-state index contributed by atoms with van der Waals surface area (Å²) >= 11 is 0. The third kappa shape index (κ3) is 9.66. The Labute approximate surface area is 103 Å². The van der Waals surface area contributed by atoms with Gasteiger partial charge in [0.25, 0.3) is 0 Å². The minimum Gasteiger partial charge on any atom is -0.480 e. The van der Waals surface area contributed by atoms with E-state index in [0.29, 0.717) is 6.54 Å². The first-order valence-corrected chi connectivity index (χ1v) is 6.35. The largest absolute Gasteiger partial charge is 0.480 e. The van der Waals surface area contributed by atoms with Crippen LogP contribution in [0.2, 0.25) is 0 Å². The normalized spacial score (nSPS) is 11.9. The Kier molecular flexibility index (Phi) is 9.19. The fourth-order valence-electron chi connectivity index (χ4n) is 1.42. The first-order valence-electron chi connectivity index (χ1n) is 6.35. The molecule has 0 unspecified atom stereocenters. The van der Waals surface area contributed by atoms with Crippen molar-refractivity contribution in [2.45, 2.75) is 58.4 Å². The van der Waals surface area contributed by atoms with Gasteiger partial charge in [-0.25, -0.2) is 4.79 Å². The van der Waals surface area contributed by atoms with Crippen LogP contribution in [0.3, 0.4) is 0 Å². The number of carboxylic acid groups (broad SMARTS) is 1. The van der Waals surface area contributed by atoms with Gasteiger partial charge in [-0.1, -0.05) is 39.0 Å². The molecule has 0 aromatic carbocycles. The number of carbonyl (C=O) groups is 2. The van der Waals surface area contributed by atoms with Crippen LogP contribution >= 0.6 is 0 Å². The monoisotopic (exact) mass is 244 g/mol. The highest BCUT2D eigenvalue weighted by molar-refractivity contribution is 5.82. The molecule has 17 heavy (non-hydrogen) atoms. The van der Waals surface area contributed by atoms with E-state index in [9.17, 15) is 9.59 Å². The number of unbranched alkanes of at least 4 members (excludes halogenated alkanes) is 5. The van der Waals surface area contributed by atoms with E-state index < -0.39 is 18.0 Å². The Balaban J connectivity index is 3.36. The smallest absolute Gasteiger partial charge is 0.325 e. The highest BCUT2D eigenvalue weighted by Gasteiger charge is 2.12. The van der Waals surface area contributed by atoms with Gasteiger partial charge in [-0.15, -0.1) is 0 Å². The summed E-state index contributed by atoms with van der Waals surface area (Å²) < 4.78 is 0. The molecule has 3 N–H and O–H groups in total. The van der Waals surface area contributed by atoms with Crippen LogP contribution in [0.25, 0.3) is 0 Å². The summed E-state index contributed by atoms with van der Waals surface area (Å²) in [5.41, 5.74) is 0. The predicted molar refractivity (Wildman–Crippen MR) is 67.0 cm³/mol. The van der Waals surface area contributed by atoms with Crippen molar-refractivity contribution in [1.82, 2.24) is 10.6 Å². The topological polar surface area (TPSA) is 78.4 Å². The van der Waals surface area contributed by atoms with Crippen molar-refractivity contribution < 1.29 is 14.7 Å². The zero-order valence-electron chi connectivity index (χ0n) is 10.8. The van der Waals surface area contributed by atoms with Crippen LogP contribution in [0.1, 0.15) is 52.4 Å². The number of carbonyl (C=O) groups excluding carboxylic acids is 1. The fraction of sp³-hybridized carbons (Fsp3) is 0.833. The highest BCUT2D eigenvalue weighted by Crippen LogP contribution is 2.03. The van der Waals surface area contributed by atoms with Gasteiger partial charge in [-0.2, -0.15) is 0 Å². The van der Waals surface area contributed by atoms with Crippen LogP contribution in [0, 0.1) is 0 Å². The molecule has 0 radical (unpaired) electrons. The number of carboxylic acids is 1. The molecule has 0 aromatic rings. The summed E-state index contributed by atoms with van der Waals surface area (Å²) in [6.45, 7) is 4.21. The van der Waals surface area contributed by atoms with E-state index >= 15 is 0 Å². The Hall–Kier alpha value is -1.26. The standard InChI is InChI=1S/C12H24N2O3/c1-3-4-5-6-7-8-9-13-12(17)14-10(2)11(15)16/h10H,3-9H2,1-2H3,(H,15,16)(H2,13,14,17)/t10-/m1/s1. The number of rotatable bonds is 9. The molecule has 2 amide bonds. The molecule has 0 aromatic heterocycles. The molecule has 0 aliphatic heterocycles. The van der Waals surface area contributed by atoms with Crippen LogP contribution in [-0.4, -0.2) is 29.7 Å². The molecule has 0 aliphatic carbocycles. The lowest BCUT2D eigenvalue weighted by atomic mass is 10.1. The SMILES string of the molecule is CCCCCCCCNC(=O)N[C@H](C)C(=O)O. The van der Waals surface area contributed by atoms with Crippen LogP contribution in [0.5, 0.6) is 0 Å². The highest BCUT2D eigenvalue weighted by atomic mass is 16.4. The number of aliphatic carboxylic acids is 1. The summed E-state index contributed by atoms with van der Waals surface area (Å²) in [6, 6.07) is -1.26. The van der Waals surface area contributed by atoms with E-state index in [1.54, 1.807) is 0 Å². The summed E-state index contributed by atoms with van der Waals surface area (Å²) in [5.74, 6) is -1.03. The Morgan fingerprint density at radius 1 is 1.12 bits per heavy atom. The van der Waals surface area contributed by atoms with Crippen molar-refractivity contribution in [2.75, 3.05) is 6.54 Å². The summed E-state index contributed by atoms with van der Waals surface area (Å²) in [5, 5.41) is 13.6. The van der Waals surface area contributed by atoms with Crippen LogP contribution < -0.4 is 10.6 Å². The van der Waals surface area contributed by atoms with Gasteiger partial charge in [0, 0.05) is 6.54 Å². The lowest BCUT2D eigenvalue weighted by molar-refractivity contribution is -0.138. The van der Waals surface area contributed by atoms with Gasteiger partial charge in [0.1, 0.15) is 6.04 Å². The van der Waals surface area contributed by atoms with Crippen molar-refractivity contribution in [3.8, 4) is 0 Å². The zero-order chi connectivity index (χ0) is 13.1. The number of nitrogens with one attached hydrogen (secondary N) is 2. The molecule has 0 spiro atoms. The first kappa shape index (κ1) is 15.7. The second-order valence-corrected chi connectivity index (χ2v) is 4.23. The molecule has 0 heterocycles. The van der Waals surface area contributed by atoms with Gasteiger partial charge >= 0.3 is 12.0 Å². The molecule has 0 fully saturated rings. The summed E-state index contributed by atoms with van der Waals surface area (Å²) in [7, 11) is 0. The number of hydrogen-bond acceptors (Lipinski definition) is 2. The molecule has 0 bridgehead atoms. The molecule has 1 atom stereocenters. The fourth-order valence-corrected chi connectivity index (χ4v) is 1.42.